The third-order valence-electron chi connectivity index (χ3n) is 5.41. The molecule has 2 fully saturated rings. The largest absolute Gasteiger partial charge is 0.491 e. The first-order valence-corrected chi connectivity index (χ1v) is 10.2. The molecule has 1 aromatic carbocycles. The number of benzene rings is 1. The van der Waals surface area contributed by atoms with E-state index in [1.54, 1.807) is 7.11 Å². The van der Waals surface area contributed by atoms with E-state index in [1.807, 2.05) is 29.2 Å². The summed E-state index contributed by atoms with van der Waals surface area (Å²) in [5, 5.41) is 6.28. The van der Waals surface area contributed by atoms with Crippen LogP contribution in [-0.4, -0.2) is 69.3 Å². The van der Waals surface area contributed by atoms with E-state index in [-0.39, 0.29) is 30.3 Å². The molecule has 2 aliphatic heterocycles. The highest BCUT2D eigenvalue weighted by Crippen LogP contribution is 2.20. The van der Waals surface area contributed by atoms with Gasteiger partial charge in [0.2, 0.25) is 5.91 Å². The fourth-order valence-corrected chi connectivity index (χ4v) is 3.81. The average molecular weight is 426 g/mol. The van der Waals surface area contributed by atoms with Crippen molar-refractivity contribution >= 4 is 24.2 Å². The van der Waals surface area contributed by atoms with Crippen LogP contribution in [0.3, 0.4) is 0 Å². The molecule has 8 heteroatoms. The van der Waals surface area contributed by atoms with Gasteiger partial charge >= 0.3 is 0 Å². The number of likely N-dealkylation sites (tertiary alicyclic amines) is 1. The number of piperidine rings is 1. The Kier molecular flexibility index (Phi) is 9.70. The fraction of sp³-hybridized carbons (Fsp3) is 0.619. The predicted octanol–water partition coefficient (Wildman–Crippen LogP) is 1.85. The normalized spacial score (nSPS) is 21.3. The molecule has 29 heavy (non-hydrogen) atoms. The van der Waals surface area contributed by atoms with Crippen molar-refractivity contribution in [3.05, 3.63) is 29.8 Å². The number of rotatable bonds is 8. The van der Waals surface area contributed by atoms with Gasteiger partial charge in [-0.1, -0.05) is 0 Å². The predicted molar refractivity (Wildman–Crippen MR) is 114 cm³/mol. The topological polar surface area (TPSA) is 79.9 Å². The summed E-state index contributed by atoms with van der Waals surface area (Å²) in [6.07, 6.45) is 3.97. The molecule has 3 rings (SSSR count). The zero-order valence-corrected chi connectivity index (χ0v) is 17.8. The number of nitrogens with one attached hydrogen (secondary N) is 2. The number of carbonyl (C=O) groups is 2. The van der Waals surface area contributed by atoms with Gasteiger partial charge in [-0.3, -0.25) is 9.59 Å². The Hall–Kier alpha value is -1.83. The van der Waals surface area contributed by atoms with Gasteiger partial charge < -0.3 is 25.0 Å². The minimum Gasteiger partial charge on any atom is -0.491 e. The van der Waals surface area contributed by atoms with Crippen molar-refractivity contribution in [3.8, 4) is 5.75 Å². The van der Waals surface area contributed by atoms with Crippen LogP contribution in [0.15, 0.2) is 24.3 Å². The van der Waals surface area contributed by atoms with Gasteiger partial charge in [0.1, 0.15) is 12.4 Å². The van der Waals surface area contributed by atoms with E-state index in [9.17, 15) is 9.59 Å². The molecule has 2 unspecified atom stereocenters. The number of hydrogen-bond donors (Lipinski definition) is 2. The zero-order chi connectivity index (χ0) is 19.8. The Morgan fingerprint density at radius 2 is 1.97 bits per heavy atom. The number of hydrogen-bond acceptors (Lipinski definition) is 5. The number of ether oxygens (including phenoxy) is 2. The second-order valence-corrected chi connectivity index (χ2v) is 7.52. The second-order valence-electron chi connectivity index (χ2n) is 7.52. The molecule has 0 radical (unpaired) electrons. The van der Waals surface area contributed by atoms with Crippen LogP contribution in [0.1, 0.15) is 36.0 Å². The van der Waals surface area contributed by atoms with Crippen LogP contribution in [0, 0.1) is 5.92 Å². The highest BCUT2D eigenvalue weighted by Gasteiger charge is 2.26. The average Bonchev–Trinajstić information content (AvgIpc) is 3.27. The maximum atomic E-state index is 12.8. The summed E-state index contributed by atoms with van der Waals surface area (Å²) < 4.78 is 10.5. The van der Waals surface area contributed by atoms with Crippen LogP contribution in [0.25, 0.3) is 0 Å². The molecule has 1 aromatic rings. The van der Waals surface area contributed by atoms with Gasteiger partial charge in [-0.25, -0.2) is 0 Å². The van der Waals surface area contributed by atoms with E-state index in [4.69, 9.17) is 9.47 Å². The number of halogens is 1. The summed E-state index contributed by atoms with van der Waals surface area (Å²) in [7, 11) is 1.63. The van der Waals surface area contributed by atoms with Crippen molar-refractivity contribution in [2.75, 3.05) is 46.5 Å². The number of methoxy groups -OCH3 is 1. The van der Waals surface area contributed by atoms with E-state index < -0.39 is 0 Å². The molecule has 2 saturated heterocycles. The lowest BCUT2D eigenvalue weighted by Gasteiger charge is -2.33. The standard InChI is InChI=1S/C21H31N3O4.ClH/c1-27-12-13-28-18-8-6-17(7-9-18)21(26)24-11-3-4-16(15-24)14-23-20(25)19-5-2-10-22-19;/h6-9,16,19,22H,2-5,10-15H2,1H3,(H,23,25);1H. The molecule has 0 saturated carbocycles. The Labute approximate surface area is 178 Å². The van der Waals surface area contributed by atoms with E-state index in [2.05, 4.69) is 10.6 Å². The molecule has 162 valence electrons. The SMILES string of the molecule is COCCOc1ccc(C(=O)N2CCCC(CNC(=O)C3CCCN3)C2)cc1.Cl. The first-order valence-electron chi connectivity index (χ1n) is 10.2. The third kappa shape index (κ3) is 6.87. The number of amides is 2. The van der Waals surface area contributed by atoms with Gasteiger partial charge in [-0.05, 0) is 62.4 Å². The summed E-state index contributed by atoms with van der Waals surface area (Å²) in [6.45, 7) is 4.01. The Bertz CT molecular complexity index is 650. The second kappa shape index (κ2) is 12.0. The minimum atomic E-state index is -0.0500. The summed E-state index contributed by atoms with van der Waals surface area (Å²) in [5.41, 5.74) is 0.666. The summed E-state index contributed by atoms with van der Waals surface area (Å²) >= 11 is 0. The number of nitrogens with zero attached hydrogens (tertiary/aromatic N) is 1. The molecule has 0 spiro atoms. The van der Waals surface area contributed by atoms with E-state index >= 15 is 0 Å². The molecular weight excluding hydrogens is 394 g/mol. The third-order valence-corrected chi connectivity index (χ3v) is 5.41. The smallest absolute Gasteiger partial charge is 0.253 e. The first kappa shape index (κ1) is 23.4. The van der Waals surface area contributed by atoms with Gasteiger partial charge in [0.05, 0.1) is 12.6 Å². The van der Waals surface area contributed by atoms with Crippen LogP contribution in [0.2, 0.25) is 0 Å². The van der Waals surface area contributed by atoms with Crippen LogP contribution >= 0.6 is 12.4 Å². The highest BCUT2D eigenvalue weighted by atomic mass is 35.5. The van der Waals surface area contributed by atoms with Gasteiger partial charge in [-0.2, -0.15) is 0 Å². The lowest BCUT2D eigenvalue weighted by atomic mass is 9.97. The van der Waals surface area contributed by atoms with Crippen molar-refractivity contribution in [1.82, 2.24) is 15.5 Å². The first-order chi connectivity index (χ1) is 13.7. The molecule has 2 atom stereocenters. The number of carbonyl (C=O) groups excluding carboxylic acids is 2. The Balaban J connectivity index is 0.00000300. The van der Waals surface area contributed by atoms with Crippen molar-refractivity contribution < 1.29 is 19.1 Å². The lowest BCUT2D eigenvalue weighted by Crippen LogP contribution is -2.46. The summed E-state index contributed by atoms with van der Waals surface area (Å²) in [4.78, 5) is 26.9. The zero-order valence-electron chi connectivity index (χ0n) is 17.0. The van der Waals surface area contributed by atoms with Crippen LogP contribution in [-0.2, 0) is 9.53 Å². The lowest BCUT2D eigenvalue weighted by molar-refractivity contribution is -0.123. The quantitative estimate of drug-likeness (QED) is 0.621. The van der Waals surface area contributed by atoms with E-state index in [1.165, 1.54) is 0 Å². The Morgan fingerprint density at radius 1 is 1.17 bits per heavy atom. The van der Waals surface area contributed by atoms with Crippen molar-refractivity contribution in [3.63, 3.8) is 0 Å². The van der Waals surface area contributed by atoms with Gasteiger partial charge in [0.25, 0.3) is 5.91 Å². The molecule has 2 amide bonds. The van der Waals surface area contributed by atoms with Gasteiger partial charge in [-0.15, -0.1) is 12.4 Å². The van der Waals surface area contributed by atoms with Crippen molar-refractivity contribution in [2.45, 2.75) is 31.7 Å². The molecule has 7 nitrogen and oxygen atoms in total. The van der Waals surface area contributed by atoms with E-state index in [0.29, 0.717) is 37.8 Å². The van der Waals surface area contributed by atoms with Gasteiger partial charge in [0.15, 0.2) is 0 Å². The van der Waals surface area contributed by atoms with Crippen molar-refractivity contribution in [2.24, 2.45) is 5.92 Å². The van der Waals surface area contributed by atoms with Crippen LogP contribution in [0.4, 0.5) is 0 Å². The molecule has 2 heterocycles. The molecule has 2 N–H and O–H groups in total. The van der Waals surface area contributed by atoms with E-state index in [0.717, 1.165) is 44.5 Å². The summed E-state index contributed by atoms with van der Waals surface area (Å²) in [5.74, 6) is 1.16. The molecule has 0 bridgehead atoms. The van der Waals surface area contributed by atoms with Crippen molar-refractivity contribution in [1.29, 1.82) is 0 Å². The maximum Gasteiger partial charge on any atom is 0.253 e. The summed E-state index contributed by atoms with van der Waals surface area (Å²) in [6, 6.07) is 7.20. The van der Waals surface area contributed by atoms with Crippen LogP contribution < -0.4 is 15.4 Å². The minimum absolute atomic E-state index is 0. The maximum absolute atomic E-state index is 12.8. The molecule has 2 aliphatic rings. The monoisotopic (exact) mass is 425 g/mol. The van der Waals surface area contributed by atoms with Crippen LogP contribution in [0.5, 0.6) is 5.75 Å². The molecular formula is C21H32ClN3O4. The molecule has 0 aliphatic carbocycles. The fourth-order valence-electron chi connectivity index (χ4n) is 3.81. The molecule has 0 aromatic heterocycles. The highest BCUT2D eigenvalue weighted by molar-refractivity contribution is 5.94. The Morgan fingerprint density at radius 3 is 2.66 bits per heavy atom. The van der Waals surface area contributed by atoms with Gasteiger partial charge in [0, 0.05) is 32.3 Å².